The first kappa shape index (κ1) is 22.2. The molecule has 0 spiro atoms. The lowest BCUT2D eigenvalue weighted by Gasteiger charge is -2.20. The second-order valence-electron chi connectivity index (χ2n) is 6.87. The van der Waals surface area contributed by atoms with Gasteiger partial charge in [0, 0.05) is 18.3 Å². The molecule has 7 heteroatoms. The summed E-state index contributed by atoms with van der Waals surface area (Å²) in [6.07, 6.45) is 0.827. The van der Waals surface area contributed by atoms with Crippen LogP contribution in [0.1, 0.15) is 18.1 Å². The van der Waals surface area contributed by atoms with Gasteiger partial charge in [-0.15, -0.1) is 0 Å². The first-order valence-corrected chi connectivity index (χ1v) is 9.92. The molecule has 0 aromatic heterocycles. The van der Waals surface area contributed by atoms with Crippen molar-refractivity contribution in [1.29, 1.82) is 0 Å². The highest BCUT2D eigenvalue weighted by Gasteiger charge is 2.18. The van der Waals surface area contributed by atoms with Crippen LogP contribution in [0.3, 0.4) is 0 Å². The maximum Gasteiger partial charge on any atom is 0.277 e. The minimum atomic E-state index is -0.209. The molecule has 1 atom stereocenters. The molecule has 0 aliphatic heterocycles. The molecular formula is C21H26Cl2N3O2+. The van der Waals surface area contributed by atoms with Gasteiger partial charge in [0.15, 0.2) is 6.54 Å². The molecule has 2 aromatic rings. The van der Waals surface area contributed by atoms with Gasteiger partial charge >= 0.3 is 0 Å². The normalized spacial score (nSPS) is 11.8. The van der Waals surface area contributed by atoms with Crippen LogP contribution in [0, 0.1) is 0 Å². The quantitative estimate of drug-likeness (QED) is 0.686. The molecular weight excluding hydrogens is 397 g/mol. The Balaban J connectivity index is 1.85. The Bertz CT molecular complexity index is 842. The number of quaternary nitrogens is 1. The van der Waals surface area contributed by atoms with Gasteiger partial charge in [0.2, 0.25) is 5.91 Å². The summed E-state index contributed by atoms with van der Waals surface area (Å²) in [5, 5.41) is 3.89. The van der Waals surface area contributed by atoms with E-state index >= 15 is 0 Å². The van der Waals surface area contributed by atoms with E-state index in [0.29, 0.717) is 16.6 Å². The SMILES string of the molecule is CCc1ccccc1NC(=O)CN(C)C(=O)C[NH+](C)Cc1ccc(Cl)c(Cl)c1. The minimum absolute atomic E-state index is 0.0108. The Kier molecular flexibility index (Phi) is 8.30. The number of benzene rings is 2. The number of aryl methyl sites for hydroxylation is 1. The molecule has 5 nitrogen and oxygen atoms in total. The summed E-state index contributed by atoms with van der Waals surface area (Å²) >= 11 is 12.0. The fraction of sp³-hybridized carbons (Fsp3) is 0.333. The van der Waals surface area contributed by atoms with E-state index in [2.05, 4.69) is 5.32 Å². The van der Waals surface area contributed by atoms with E-state index in [4.69, 9.17) is 23.2 Å². The smallest absolute Gasteiger partial charge is 0.277 e. The zero-order valence-electron chi connectivity index (χ0n) is 16.4. The third-order valence-electron chi connectivity index (χ3n) is 4.42. The lowest BCUT2D eigenvalue weighted by Crippen LogP contribution is -3.08. The van der Waals surface area contributed by atoms with Crippen molar-refractivity contribution in [3.05, 3.63) is 63.6 Å². The van der Waals surface area contributed by atoms with Crippen LogP contribution in [0.25, 0.3) is 0 Å². The number of hydrogen-bond acceptors (Lipinski definition) is 2. The van der Waals surface area contributed by atoms with E-state index < -0.39 is 0 Å². The topological polar surface area (TPSA) is 53.9 Å². The Morgan fingerprint density at radius 3 is 2.50 bits per heavy atom. The van der Waals surface area contributed by atoms with Gasteiger partial charge in [-0.1, -0.05) is 54.4 Å². The first-order valence-electron chi connectivity index (χ1n) is 9.17. The minimum Gasteiger partial charge on any atom is -0.332 e. The number of amides is 2. The van der Waals surface area contributed by atoms with Crippen LogP contribution in [-0.4, -0.2) is 43.9 Å². The summed E-state index contributed by atoms with van der Waals surface area (Å²) in [5.74, 6) is -0.310. The van der Waals surface area contributed by atoms with Crippen molar-refractivity contribution in [1.82, 2.24) is 4.90 Å². The molecule has 150 valence electrons. The summed E-state index contributed by atoms with van der Waals surface area (Å²) in [6.45, 7) is 2.95. The second-order valence-corrected chi connectivity index (χ2v) is 7.68. The Morgan fingerprint density at radius 2 is 1.82 bits per heavy atom. The van der Waals surface area contributed by atoms with Gasteiger partial charge in [-0.2, -0.15) is 0 Å². The average Bonchev–Trinajstić information content (AvgIpc) is 2.65. The number of rotatable bonds is 8. The third kappa shape index (κ3) is 6.51. The number of nitrogens with zero attached hydrogens (tertiary/aromatic N) is 1. The molecule has 0 saturated carbocycles. The molecule has 28 heavy (non-hydrogen) atoms. The summed E-state index contributed by atoms with van der Waals surface area (Å²) in [5.41, 5.74) is 2.85. The first-order chi connectivity index (χ1) is 13.3. The third-order valence-corrected chi connectivity index (χ3v) is 5.16. The lowest BCUT2D eigenvalue weighted by molar-refractivity contribution is -0.885. The molecule has 2 aromatic carbocycles. The zero-order chi connectivity index (χ0) is 20.7. The number of halogens is 2. The number of carbonyl (C=O) groups excluding carboxylic acids is 2. The summed E-state index contributed by atoms with van der Waals surface area (Å²) in [4.78, 5) is 27.2. The number of anilines is 1. The molecule has 0 fully saturated rings. The van der Waals surface area contributed by atoms with Gasteiger partial charge in [0.1, 0.15) is 6.54 Å². The van der Waals surface area contributed by atoms with Gasteiger partial charge < -0.3 is 15.1 Å². The van der Waals surface area contributed by atoms with Crippen LogP contribution < -0.4 is 10.2 Å². The van der Waals surface area contributed by atoms with Crippen LogP contribution in [0.2, 0.25) is 10.0 Å². The largest absolute Gasteiger partial charge is 0.332 e. The standard InChI is InChI=1S/C21H25Cl2N3O2/c1-4-16-7-5-6-8-19(16)24-20(27)13-26(3)21(28)14-25(2)12-15-9-10-17(22)18(23)11-15/h5-11H,4,12-14H2,1-3H3,(H,24,27)/p+1. The molecule has 0 radical (unpaired) electrons. The maximum absolute atomic E-state index is 12.5. The van der Waals surface area contributed by atoms with E-state index in [0.717, 1.165) is 28.1 Å². The van der Waals surface area contributed by atoms with Crippen LogP contribution in [-0.2, 0) is 22.6 Å². The highest BCUT2D eigenvalue weighted by molar-refractivity contribution is 6.42. The molecule has 2 amide bonds. The van der Waals surface area contributed by atoms with E-state index in [1.54, 1.807) is 19.2 Å². The number of para-hydroxylation sites is 1. The van der Waals surface area contributed by atoms with Crippen molar-refractivity contribution in [2.45, 2.75) is 19.9 Å². The Morgan fingerprint density at radius 1 is 1.11 bits per heavy atom. The van der Waals surface area contributed by atoms with Crippen molar-refractivity contribution in [3.63, 3.8) is 0 Å². The zero-order valence-corrected chi connectivity index (χ0v) is 17.9. The Hall–Kier alpha value is -2.08. The van der Waals surface area contributed by atoms with Gasteiger partial charge in [-0.05, 0) is 30.2 Å². The average molecular weight is 423 g/mol. The van der Waals surface area contributed by atoms with Crippen molar-refractivity contribution in [2.75, 3.05) is 32.5 Å². The van der Waals surface area contributed by atoms with E-state index in [9.17, 15) is 9.59 Å². The molecule has 0 bridgehead atoms. The molecule has 0 aliphatic rings. The summed E-state index contributed by atoms with van der Waals surface area (Å²) in [7, 11) is 3.56. The molecule has 1 unspecified atom stereocenters. The van der Waals surface area contributed by atoms with Crippen molar-refractivity contribution < 1.29 is 14.5 Å². The maximum atomic E-state index is 12.5. The summed E-state index contributed by atoms with van der Waals surface area (Å²) in [6, 6.07) is 13.1. The summed E-state index contributed by atoms with van der Waals surface area (Å²) < 4.78 is 0. The molecule has 0 heterocycles. The van der Waals surface area contributed by atoms with E-state index in [1.165, 1.54) is 4.90 Å². The Labute approximate surface area is 176 Å². The van der Waals surface area contributed by atoms with Crippen LogP contribution in [0.5, 0.6) is 0 Å². The fourth-order valence-corrected chi connectivity index (χ4v) is 3.22. The van der Waals surface area contributed by atoms with Crippen LogP contribution in [0.4, 0.5) is 5.69 Å². The van der Waals surface area contributed by atoms with Gasteiger partial charge in [-0.25, -0.2) is 0 Å². The second kappa shape index (κ2) is 10.5. The van der Waals surface area contributed by atoms with E-state index in [1.807, 2.05) is 44.3 Å². The van der Waals surface area contributed by atoms with Crippen LogP contribution >= 0.6 is 23.2 Å². The number of carbonyl (C=O) groups is 2. The van der Waals surface area contributed by atoms with Crippen molar-refractivity contribution in [2.24, 2.45) is 0 Å². The number of hydrogen-bond donors (Lipinski definition) is 2. The van der Waals surface area contributed by atoms with Gasteiger partial charge in [0.25, 0.3) is 5.91 Å². The molecule has 0 aliphatic carbocycles. The number of nitrogens with one attached hydrogen (secondary N) is 2. The highest BCUT2D eigenvalue weighted by atomic mass is 35.5. The molecule has 0 saturated heterocycles. The molecule has 2 rings (SSSR count). The predicted molar refractivity (Wildman–Crippen MR) is 114 cm³/mol. The lowest BCUT2D eigenvalue weighted by atomic mass is 10.1. The van der Waals surface area contributed by atoms with E-state index in [-0.39, 0.29) is 24.9 Å². The van der Waals surface area contributed by atoms with Gasteiger partial charge in [-0.3, -0.25) is 9.59 Å². The predicted octanol–water partition coefficient (Wildman–Crippen LogP) is 2.67. The van der Waals surface area contributed by atoms with Gasteiger partial charge in [0.05, 0.1) is 23.6 Å². The van der Waals surface area contributed by atoms with Crippen molar-refractivity contribution in [3.8, 4) is 0 Å². The molecule has 2 N–H and O–H groups in total. The monoisotopic (exact) mass is 422 g/mol. The number of likely N-dealkylation sites (N-methyl/N-ethyl adjacent to an activating group) is 2. The highest BCUT2D eigenvalue weighted by Crippen LogP contribution is 2.22. The van der Waals surface area contributed by atoms with Crippen LogP contribution in [0.15, 0.2) is 42.5 Å². The van der Waals surface area contributed by atoms with Crippen molar-refractivity contribution >= 4 is 40.7 Å². The fourth-order valence-electron chi connectivity index (χ4n) is 2.90.